The molecule has 0 N–H and O–H groups in total. The van der Waals surface area contributed by atoms with E-state index in [1.807, 2.05) is 37.3 Å². The SMILES string of the molecule is Cc1cc(Cl)ccc1N1C(=O)C(c2ccccc2)=C(N2CCCC(C)C2)C1=O. The Kier molecular flexibility index (Phi) is 4.98. The van der Waals surface area contributed by atoms with Crippen LogP contribution in [0.2, 0.25) is 5.02 Å². The molecule has 2 aliphatic rings. The van der Waals surface area contributed by atoms with Crippen LogP contribution in [0.5, 0.6) is 0 Å². The molecule has 1 atom stereocenters. The molecule has 1 fully saturated rings. The lowest BCUT2D eigenvalue weighted by Gasteiger charge is -2.33. The van der Waals surface area contributed by atoms with E-state index in [1.165, 1.54) is 4.90 Å². The zero-order valence-corrected chi connectivity index (χ0v) is 16.9. The minimum absolute atomic E-state index is 0.247. The van der Waals surface area contributed by atoms with E-state index in [4.69, 9.17) is 11.6 Å². The van der Waals surface area contributed by atoms with Crippen LogP contribution in [0.1, 0.15) is 30.9 Å². The van der Waals surface area contributed by atoms with Gasteiger partial charge >= 0.3 is 0 Å². The number of hydrogen-bond donors (Lipinski definition) is 0. The quantitative estimate of drug-likeness (QED) is 0.710. The Morgan fingerprint density at radius 2 is 1.79 bits per heavy atom. The molecule has 2 aliphatic heterocycles. The molecule has 1 unspecified atom stereocenters. The lowest BCUT2D eigenvalue weighted by atomic mass is 9.98. The molecule has 2 aromatic carbocycles. The molecule has 1 saturated heterocycles. The molecule has 144 valence electrons. The van der Waals surface area contributed by atoms with Crippen LogP contribution in [-0.2, 0) is 9.59 Å². The van der Waals surface area contributed by atoms with Crippen LogP contribution in [-0.4, -0.2) is 29.8 Å². The summed E-state index contributed by atoms with van der Waals surface area (Å²) in [7, 11) is 0. The van der Waals surface area contributed by atoms with E-state index >= 15 is 0 Å². The second-order valence-electron chi connectivity index (χ2n) is 7.66. The third-order valence-corrected chi connectivity index (χ3v) is 5.73. The number of imide groups is 1. The van der Waals surface area contributed by atoms with Crippen LogP contribution >= 0.6 is 11.6 Å². The highest BCUT2D eigenvalue weighted by Gasteiger charge is 2.43. The highest BCUT2D eigenvalue weighted by Crippen LogP contribution is 2.37. The third kappa shape index (κ3) is 3.22. The topological polar surface area (TPSA) is 40.6 Å². The fourth-order valence-electron chi connectivity index (χ4n) is 4.16. The van der Waals surface area contributed by atoms with Crippen molar-refractivity contribution in [2.45, 2.75) is 26.7 Å². The number of benzene rings is 2. The average Bonchev–Trinajstić information content (AvgIpc) is 2.93. The predicted molar refractivity (Wildman–Crippen MR) is 112 cm³/mol. The summed E-state index contributed by atoms with van der Waals surface area (Å²) in [6, 6.07) is 14.7. The number of amides is 2. The zero-order chi connectivity index (χ0) is 19.8. The standard InChI is InChI=1S/C23H23ClN2O2/c1-15-7-6-12-25(14-15)21-20(17-8-4-3-5-9-17)22(27)26(23(21)28)19-11-10-18(24)13-16(19)2/h3-5,8-11,13,15H,6-7,12,14H2,1-2H3. The van der Waals surface area contributed by atoms with Crippen molar-refractivity contribution < 1.29 is 9.59 Å². The first-order valence-corrected chi connectivity index (χ1v) is 10.0. The van der Waals surface area contributed by atoms with Gasteiger partial charge in [-0.3, -0.25) is 9.59 Å². The Labute approximate surface area is 170 Å². The Hall–Kier alpha value is -2.59. The third-order valence-electron chi connectivity index (χ3n) is 5.49. The van der Waals surface area contributed by atoms with Crippen molar-refractivity contribution in [3.8, 4) is 0 Å². The van der Waals surface area contributed by atoms with Gasteiger partial charge in [0.15, 0.2) is 0 Å². The van der Waals surface area contributed by atoms with Gasteiger partial charge in [0.2, 0.25) is 0 Å². The zero-order valence-electron chi connectivity index (χ0n) is 16.1. The van der Waals surface area contributed by atoms with Crippen LogP contribution in [0.25, 0.3) is 5.57 Å². The number of carbonyl (C=O) groups is 2. The van der Waals surface area contributed by atoms with Gasteiger partial charge in [-0.1, -0.05) is 48.9 Å². The van der Waals surface area contributed by atoms with Gasteiger partial charge in [0, 0.05) is 18.1 Å². The monoisotopic (exact) mass is 394 g/mol. The maximum Gasteiger partial charge on any atom is 0.282 e. The lowest BCUT2D eigenvalue weighted by Crippen LogP contribution is -2.39. The number of rotatable bonds is 3. The van der Waals surface area contributed by atoms with Gasteiger partial charge in [-0.25, -0.2) is 4.90 Å². The number of hydrogen-bond acceptors (Lipinski definition) is 3. The molecule has 0 spiro atoms. The Morgan fingerprint density at radius 3 is 2.46 bits per heavy atom. The molecular formula is C23H23ClN2O2. The summed E-state index contributed by atoms with van der Waals surface area (Å²) in [6.07, 6.45) is 2.17. The van der Waals surface area contributed by atoms with Crippen LogP contribution in [0.3, 0.4) is 0 Å². The summed E-state index contributed by atoms with van der Waals surface area (Å²) in [5.74, 6) is -0.0225. The van der Waals surface area contributed by atoms with Gasteiger partial charge in [0.1, 0.15) is 5.70 Å². The van der Waals surface area contributed by atoms with Gasteiger partial charge < -0.3 is 4.90 Å². The van der Waals surface area contributed by atoms with E-state index in [0.717, 1.165) is 37.1 Å². The summed E-state index contributed by atoms with van der Waals surface area (Å²) >= 11 is 6.08. The van der Waals surface area contributed by atoms with Crippen LogP contribution in [0, 0.1) is 12.8 Å². The molecule has 2 aromatic rings. The second kappa shape index (κ2) is 7.44. The van der Waals surface area contributed by atoms with E-state index < -0.39 is 0 Å². The lowest BCUT2D eigenvalue weighted by molar-refractivity contribution is -0.120. The fourth-order valence-corrected chi connectivity index (χ4v) is 4.38. The number of halogens is 1. The van der Waals surface area contributed by atoms with Gasteiger partial charge in [0.25, 0.3) is 11.8 Å². The van der Waals surface area contributed by atoms with Crippen molar-refractivity contribution in [3.63, 3.8) is 0 Å². The van der Waals surface area contributed by atoms with E-state index in [1.54, 1.807) is 18.2 Å². The molecule has 0 aromatic heterocycles. The molecule has 0 bridgehead atoms. The fraction of sp³-hybridized carbons (Fsp3) is 0.304. The Morgan fingerprint density at radius 1 is 1.04 bits per heavy atom. The molecule has 5 heteroatoms. The Bertz CT molecular complexity index is 968. The number of aryl methyl sites for hydroxylation is 1. The van der Waals surface area contributed by atoms with Crippen LogP contribution in [0.15, 0.2) is 54.2 Å². The molecule has 28 heavy (non-hydrogen) atoms. The second-order valence-corrected chi connectivity index (χ2v) is 8.10. The number of piperidine rings is 1. The summed E-state index contributed by atoms with van der Waals surface area (Å²) in [5.41, 5.74) is 3.19. The number of nitrogens with zero attached hydrogens (tertiary/aromatic N) is 2. The first-order chi connectivity index (χ1) is 13.5. The predicted octanol–water partition coefficient (Wildman–Crippen LogP) is 4.66. The van der Waals surface area contributed by atoms with Gasteiger partial charge in [-0.15, -0.1) is 0 Å². The van der Waals surface area contributed by atoms with Gasteiger partial charge in [-0.05, 0) is 55.0 Å². The summed E-state index contributed by atoms with van der Waals surface area (Å²) in [5, 5.41) is 0.585. The molecule has 0 saturated carbocycles. The van der Waals surface area contributed by atoms with Crippen molar-refractivity contribution in [3.05, 3.63) is 70.4 Å². The maximum absolute atomic E-state index is 13.5. The van der Waals surface area contributed by atoms with E-state index in [0.29, 0.717) is 27.9 Å². The molecule has 0 aliphatic carbocycles. The molecule has 2 amide bonds. The average molecular weight is 395 g/mol. The van der Waals surface area contributed by atoms with E-state index in [9.17, 15) is 9.59 Å². The van der Waals surface area contributed by atoms with Crippen LogP contribution in [0.4, 0.5) is 5.69 Å². The van der Waals surface area contributed by atoms with E-state index in [2.05, 4.69) is 11.8 Å². The summed E-state index contributed by atoms with van der Waals surface area (Å²) in [6.45, 7) is 5.64. The minimum Gasteiger partial charge on any atom is -0.366 e. The number of anilines is 1. The molecule has 4 nitrogen and oxygen atoms in total. The molecule has 2 heterocycles. The summed E-state index contributed by atoms with van der Waals surface area (Å²) in [4.78, 5) is 30.4. The van der Waals surface area contributed by atoms with Gasteiger partial charge in [0.05, 0.1) is 11.3 Å². The minimum atomic E-state index is -0.269. The van der Waals surface area contributed by atoms with Crippen molar-refractivity contribution in [1.29, 1.82) is 0 Å². The normalized spacial score (nSPS) is 20.3. The van der Waals surface area contributed by atoms with Crippen molar-refractivity contribution in [2.75, 3.05) is 18.0 Å². The van der Waals surface area contributed by atoms with Crippen molar-refractivity contribution in [2.24, 2.45) is 5.92 Å². The maximum atomic E-state index is 13.5. The number of likely N-dealkylation sites (tertiary alicyclic amines) is 1. The Balaban J connectivity index is 1.84. The molecular weight excluding hydrogens is 372 g/mol. The molecule has 4 rings (SSSR count). The van der Waals surface area contributed by atoms with Crippen molar-refractivity contribution >= 4 is 34.7 Å². The first kappa shape index (κ1) is 18.8. The van der Waals surface area contributed by atoms with E-state index in [-0.39, 0.29) is 11.8 Å². The highest BCUT2D eigenvalue weighted by molar-refractivity contribution is 6.45. The first-order valence-electron chi connectivity index (χ1n) is 9.67. The number of carbonyl (C=O) groups excluding carboxylic acids is 2. The molecule has 0 radical (unpaired) electrons. The smallest absolute Gasteiger partial charge is 0.282 e. The van der Waals surface area contributed by atoms with Gasteiger partial charge in [-0.2, -0.15) is 0 Å². The van der Waals surface area contributed by atoms with Crippen molar-refractivity contribution in [1.82, 2.24) is 4.90 Å². The summed E-state index contributed by atoms with van der Waals surface area (Å²) < 4.78 is 0. The highest BCUT2D eigenvalue weighted by atomic mass is 35.5. The largest absolute Gasteiger partial charge is 0.366 e. The van der Waals surface area contributed by atoms with Crippen LogP contribution < -0.4 is 4.90 Å².